The smallest absolute Gasteiger partial charge is 0.326 e. The maximum Gasteiger partial charge on any atom is 0.326 e. The zero-order chi connectivity index (χ0) is 14.1. The second-order valence-corrected chi connectivity index (χ2v) is 3.98. The molecular weight excluding hydrogens is 246 g/mol. The summed E-state index contributed by atoms with van der Waals surface area (Å²) in [6.45, 7) is 0. The van der Waals surface area contributed by atoms with Gasteiger partial charge in [0.05, 0.1) is 6.07 Å². The van der Waals surface area contributed by atoms with Crippen molar-refractivity contribution in [2.45, 2.75) is 31.7 Å². The van der Waals surface area contributed by atoms with E-state index in [9.17, 15) is 9.59 Å². The van der Waals surface area contributed by atoms with Gasteiger partial charge in [0, 0.05) is 12.6 Å². The summed E-state index contributed by atoms with van der Waals surface area (Å²) in [5.41, 5.74) is 0.186. The molecule has 0 bridgehead atoms. The molecule has 0 radical (unpaired) electrons. The van der Waals surface area contributed by atoms with Crippen LogP contribution in [0.2, 0.25) is 0 Å². The Morgan fingerprint density at radius 3 is 2.79 bits per heavy atom. The number of carboxylic acid groups (broad SMARTS) is 1. The average molecular weight is 261 g/mol. The minimum Gasteiger partial charge on any atom is -0.480 e. The topological polar surface area (TPSA) is 103 Å². The first kappa shape index (κ1) is 14.6. The van der Waals surface area contributed by atoms with Gasteiger partial charge in [-0.25, -0.2) is 4.79 Å². The Kier molecular flexibility index (Phi) is 6.03. The largest absolute Gasteiger partial charge is 0.480 e. The van der Waals surface area contributed by atoms with Crippen LogP contribution in [0.3, 0.4) is 0 Å². The molecule has 0 saturated carbocycles. The van der Waals surface area contributed by atoms with Gasteiger partial charge in [-0.3, -0.25) is 9.78 Å². The van der Waals surface area contributed by atoms with Gasteiger partial charge < -0.3 is 10.4 Å². The van der Waals surface area contributed by atoms with Gasteiger partial charge in [-0.15, -0.1) is 0 Å². The fourth-order valence-corrected chi connectivity index (χ4v) is 1.54. The van der Waals surface area contributed by atoms with E-state index >= 15 is 0 Å². The Balaban J connectivity index is 2.52. The lowest BCUT2D eigenvalue weighted by Crippen LogP contribution is -2.41. The number of nitrogens with one attached hydrogen (secondary N) is 1. The lowest BCUT2D eigenvalue weighted by molar-refractivity contribution is -0.139. The van der Waals surface area contributed by atoms with Crippen molar-refractivity contribution in [3.05, 3.63) is 30.1 Å². The maximum atomic E-state index is 11.8. The molecule has 0 aliphatic rings. The van der Waals surface area contributed by atoms with Crippen LogP contribution in [0, 0.1) is 11.3 Å². The second kappa shape index (κ2) is 7.82. The Morgan fingerprint density at radius 1 is 1.42 bits per heavy atom. The number of aromatic nitrogens is 1. The predicted octanol–water partition coefficient (Wildman–Crippen LogP) is 1.35. The third-order valence-corrected chi connectivity index (χ3v) is 2.53. The second-order valence-electron chi connectivity index (χ2n) is 3.98. The fraction of sp³-hybridized carbons (Fsp3) is 0.385. The molecule has 0 aromatic carbocycles. The number of rotatable bonds is 7. The molecule has 0 spiro atoms. The first-order valence-electron chi connectivity index (χ1n) is 5.97. The van der Waals surface area contributed by atoms with Gasteiger partial charge in [-0.1, -0.05) is 6.07 Å². The number of nitrogens with zero attached hydrogens (tertiary/aromatic N) is 2. The van der Waals surface area contributed by atoms with Crippen molar-refractivity contribution in [1.29, 1.82) is 5.26 Å². The minimum absolute atomic E-state index is 0.186. The number of hydrogen-bond donors (Lipinski definition) is 2. The first-order chi connectivity index (χ1) is 9.15. The molecule has 19 heavy (non-hydrogen) atoms. The summed E-state index contributed by atoms with van der Waals surface area (Å²) < 4.78 is 0. The molecule has 100 valence electrons. The summed E-state index contributed by atoms with van der Waals surface area (Å²) in [7, 11) is 0. The van der Waals surface area contributed by atoms with Gasteiger partial charge in [0.2, 0.25) is 0 Å². The normalized spacial score (nSPS) is 11.3. The van der Waals surface area contributed by atoms with Crippen LogP contribution in [-0.2, 0) is 4.79 Å². The van der Waals surface area contributed by atoms with Gasteiger partial charge in [0.15, 0.2) is 0 Å². The third-order valence-electron chi connectivity index (χ3n) is 2.53. The van der Waals surface area contributed by atoms with E-state index in [2.05, 4.69) is 10.3 Å². The lowest BCUT2D eigenvalue weighted by atomic mass is 10.1. The molecule has 1 atom stereocenters. The predicted molar refractivity (Wildman–Crippen MR) is 67.2 cm³/mol. The number of pyridine rings is 1. The monoisotopic (exact) mass is 261 g/mol. The standard InChI is InChI=1S/C13H15N3O3/c14-8-4-1-2-7-11(13(18)19)16-12(17)10-6-3-5-9-15-10/h3,5-6,9,11H,1-2,4,7H2,(H,16,17)(H,18,19)/t11-/m1/s1. The van der Waals surface area contributed by atoms with Crippen molar-refractivity contribution in [3.8, 4) is 6.07 Å². The molecule has 1 aromatic rings. The molecule has 0 aliphatic heterocycles. The highest BCUT2D eigenvalue weighted by Gasteiger charge is 2.20. The number of carbonyl (C=O) groups is 2. The number of hydrogen-bond acceptors (Lipinski definition) is 4. The molecule has 1 heterocycles. The van der Waals surface area contributed by atoms with Crippen LogP contribution in [0.25, 0.3) is 0 Å². The van der Waals surface area contributed by atoms with Crippen molar-refractivity contribution >= 4 is 11.9 Å². The Morgan fingerprint density at radius 2 is 2.21 bits per heavy atom. The van der Waals surface area contributed by atoms with Crippen LogP contribution in [0.1, 0.15) is 36.2 Å². The van der Waals surface area contributed by atoms with Gasteiger partial charge in [-0.2, -0.15) is 5.26 Å². The SMILES string of the molecule is N#CCCCC[C@@H](NC(=O)c1ccccn1)C(=O)O. The zero-order valence-electron chi connectivity index (χ0n) is 10.4. The first-order valence-corrected chi connectivity index (χ1v) is 5.97. The molecule has 0 unspecified atom stereocenters. The highest BCUT2D eigenvalue weighted by molar-refractivity contribution is 5.94. The van der Waals surface area contributed by atoms with Gasteiger partial charge in [0.25, 0.3) is 5.91 Å². The summed E-state index contributed by atoms with van der Waals surface area (Å²) in [6.07, 6.45) is 3.36. The van der Waals surface area contributed by atoms with E-state index in [0.717, 1.165) is 0 Å². The van der Waals surface area contributed by atoms with Crippen molar-refractivity contribution < 1.29 is 14.7 Å². The van der Waals surface area contributed by atoms with E-state index in [1.807, 2.05) is 6.07 Å². The van der Waals surface area contributed by atoms with Crippen molar-refractivity contribution in [3.63, 3.8) is 0 Å². The zero-order valence-corrected chi connectivity index (χ0v) is 10.4. The third kappa shape index (κ3) is 5.17. The van der Waals surface area contributed by atoms with E-state index in [0.29, 0.717) is 25.7 Å². The number of amides is 1. The molecule has 1 rings (SSSR count). The van der Waals surface area contributed by atoms with Gasteiger partial charge in [0.1, 0.15) is 11.7 Å². The Labute approximate surface area is 111 Å². The Bertz CT molecular complexity index is 468. The molecule has 0 aliphatic carbocycles. The van der Waals surface area contributed by atoms with Crippen LogP contribution in [0.4, 0.5) is 0 Å². The number of carboxylic acids is 1. The molecule has 6 nitrogen and oxygen atoms in total. The van der Waals surface area contributed by atoms with E-state index in [4.69, 9.17) is 10.4 Å². The molecular formula is C13H15N3O3. The van der Waals surface area contributed by atoms with Gasteiger partial charge >= 0.3 is 5.97 Å². The summed E-state index contributed by atoms with van der Waals surface area (Å²) in [4.78, 5) is 26.6. The minimum atomic E-state index is -1.08. The van der Waals surface area contributed by atoms with Crippen LogP contribution in [-0.4, -0.2) is 28.0 Å². The molecule has 0 saturated heterocycles. The van der Waals surface area contributed by atoms with Gasteiger partial charge in [-0.05, 0) is 31.4 Å². The van der Waals surface area contributed by atoms with Crippen molar-refractivity contribution in [1.82, 2.24) is 10.3 Å². The van der Waals surface area contributed by atoms with Crippen molar-refractivity contribution in [2.75, 3.05) is 0 Å². The number of aliphatic carboxylic acids is 1. The van der Waals surface area contributed by atoms with E-state index in [1.165, 1.54) is 12.3 Å². The molecule has 1 amide bonds. The van der Waals surface area contributed by atoms with Crippen LogP contribution in [0.5, 0.6) is 0 Å². The Hall–Kier alpha value is -2.42. The van der Waals surface area contributed by atoms with Crippen LogP contribution < -0.4 is 5.32 Å². The maximum absolute atomic E-state index is 11.8. The van der Waals surface area contributed by atoms with E-state index < -0.39 is 17.9 Å². The average Bonchev–Trinajstić information content (AvgIpc) is 2.42. The summed E-state index contributed by atoms with van der Waals surface area (Å²) in [5, 5.41) is 19.8. The number of unbranched alkanes of at least 4 members (excludes halogenated alkanes) is 2. The van der Waals surface area contributed by atoms with Crippen LogP contribution in [0.15, 0.2) is 24.4 Å². The quantitative estimate of drug-likeness (QED) is 0.721. The molecule has 2 N–H and O–H groups in total. The van der Waals surface area contributed by atoms with Crippen molar-refractivity contribution in [2.24, 2.45) is 0 Å². The van der Waals surface area contributed by atoms with Crippen LogP contribution >= 0.6 is 0 Å². The molecule has 1 aromatic heterocycles. The fourth-order valence-electron chi connectivity index (χ4n) is 1.54. The number of nitriles is 1. The summed E-state index contributed by atoms with van der Waals surface area (Å²) >= 11 is 0. The lowest BCUT2D eigenvalue weighted by Gasteiger charge is -2.13. The summed E-state index contributed by atoms with van der Waals surface area (Å²) in [6, 6.07) is 5.89. The summed E-state index contributed by atoms with van der Waals surface area (Å²) in [5.74, 6) is -1.59. The number of carbonyl (C=O) groups excluding carboxylic acids is 1. The molecule has 0 fully saturated rings. The van der Waals surface area contributed by atoms with E-state index in [-0.39, 0.29) is 5.69 Å². The van der Waals surface area contributed by atoms with E-state index in [1.54, 1.807) is 12.1 Å². The highest BCUT2D eigenvalue weighted by atomic mass is 16.4. The highest BCUT2D eigenvalue weighted by Crippen LogP contribution is 2.05. The molecule has 6 heteroatoms.